The van der Waals surface area contributed by atoms with E-state index in [1.807, 2.05) is 44.2 Å². The van der Waals surface area contributed by atoms with Crippen molar-refractivity contribution in [2.75, 3.05) is 11.9 Å². The molecule has 0 saturated heterocycles. The van der Waals surface area contributed by atoms with E-state index >= 15 is 0 Å². The molecule has 5 heteroatoms. The summed E-state index contributed by atoms with van der Waals surface area (Å²) in [5.41, 5.74) is 3.59. The van der Waals surface area contributed by atoms with Crippen molar-refractivity contribution in [3.8, 4) is 11.8 Å². The number of carbonyl (C=O) groups excluding carboxylic acids is 1. The second kappa shape index (κ2) is 10.2. The van der Waals surface area contributed by atoms with E-state index in [4.69, 9.17) is 4.74 Å². The first kappa shape index (κ1) is 21.8. The molecule has 3 rings (SSSR count). The molecule has 31 heavy (non-hydrogen) atoms. The minimum Gasteiger partial charge on any atom is -0.494 e. The third-order valence-electron chi connectivity index (χ3n) is 4.80. The third kappa shape index (κ3) is 5.58. The summed E-state index contributed by atoms with van der Waals surface area (Å²) in [5, 5.41) is 12.3. The lowest BCUT2D eigenvalue weighted by atomic mass is 10.0. The summed E-state index contributed by atoms with van der Waals surface area (Å²) in [6, 6.07) is 21.3. The molecule has 0 bridgehead atoms. The number of benzene rings is 3. The van der Waals surface area contributed by atoms with Gasteiger partial charge in [0.1, 0.15) is 23.2 Å². The summed E-state index contributed by atoms with van der Waals surface area (Å²) in [6.07, 6.45) is 1.90. The van der Waals surface area contributed by atoms with E-state index in [0.717, 1.165) is 11.1 Å². The van der Waals surface area contributed by atoms with Crippen LogP contribution in [0.5, 0.6) is 5.75 Å². The topological polar surface area (TPSA) is 62.1 Å². The Hall–Kier alpha value is -3.91. The van der Waals surface area contributed by atoms with Gasteiger partial charge in [-0.3, -0.25) is 4.79 Å². The molecule has 0 aliphatic heterocycles. The highest BCUT2D eigenvalue weighted by Crippen LogP contribution is 2.26. The van der Waals surface area contributed by atoms with Gasteiger partial charge in [-0.15, -0.1) is 0 Å². The van der Waals surface area contributed by atoms with Crippen LogP contribution in [-0.2, 0) is 11.2 Å². The van der Waals surface area contributed by atoms with Gasteiger partial charge in [-0.1, -0.05) is 48.5 Å². The van der Waals surface area contributed by atoms with Crippen LogP contribution in [0.4, 0.5) is 10.1 Å². The highest BCUT2D eigenvalue weighted by atomic mass is 19.1. The number of hydrogen-bond donors (Lipinski definition) is 1. The van der Waals surface area contributed by atoms with Gasteiger partial charge in [0.25, 0.3) is 5.91 Å². The van der Waals surface area contributed by atoms with Gasteiger partial charge in [0, 0.05) is 12.1 Å². The first-order chi connectivity index (χ1) is 15.0. The van der Waals surface area contributed by atoms with Crippen LogP contribution in [0.25, 0.3) is 6.08 Å². The first-order valence-electron chi connectivity index (χ1n) is 9.99. The summed E-state index contributed by atoms with van der Waals surface area (Å²) < 4.78 is 19.8. The van der Waals surface area contributed by atoms with E-state index < -0.39 is 5.91 Å². The van der Waals surface area contributed by atoms with Crippen LogP contribution in [0.15, 0.2) is 72.3 Å². The molecule has 156 valence electrons. The van der Waals surface area contributed by atoms with Crippen molar-refractivity contribution in [3.05, 3.63) is 100 Å². The Balaban J connectivity index is 1.87. The molecule has 4 nitrogen and oxygen atoms in total. The maximum Gasteiger partial charge on any atom is 0.266 e. The van der Waals surface area contributed by atoms with Crippen LogP contribution >= 0.6 is 0 Å². The van der Waals surface area contributed by atoms with E-state index in [1.54, 1.807) is 36.4 Å². The van der Waals surface area contributed by atoms with Gasteiger partial charge in [0.15, 0.2) is 0 Å². The van der Waals surface area contributed by atoms with Crippen molar-refractivity contribution in [2.24, 2.45) is 0 Å². The zero-order valence-electron chi connectivity index (χ0n) is 17.5. The molecule has 0 spiro atoms. The van der Waals surface area contributed by atoms with Crippen molar-refractivity contribution >= 4 is 17.7 Å². The summed E-state index contributed by atoms with van der Waals surface area (Å²) in [5.74, 6) is -0.158. The number of rotatable bonds is 7. The van der Waals surface area contributed by atoms with Crippen molar-refractivity contribution in [3.63, 3.8) is 0 Å². The molecule has 3 aromatic rings. The lowest BCUT2D eigenvalue weighted by Gasteiger charge is -2.12. The molecular weight excluding hydrogens is 391 g/mol. The summed E-state index contributed by atoms with van der Waals surface area (Å²) in [6.45, 7) is 4.19. The van der Waals surface area contributed by atoms with Gasteiger partial charge in [-0.2, -0.15) is 5.26 Å². The molecule has 0 atom stereocenters. The zero-order chi connectivity index (χ0) is 22.2. The Labute approximate surface area is 181 Å². The van der Waals surface area contributed by atoms with Crippen LogP contribution in [0.2, 0.25) is 0 Å². The third-order valence-corrected chi connectivity index (χ3v) is 4.80. The van der Waals surface area contributed by atoms with Crippen molar-refractivity contribution in [1.29, 1.82) is 5.26 Å². The fraction of sp³-hybridized carbons (Fsp3) is 0.154. The molecule has 0 saturated carbocycles. The van der Waals surface area contributed by atoms with Gasteiger partial charge < -0.3 is 10.1 Å². The first-order valence-corrected chi connectivity index (χ1v) is 9.99. The second-order valence-electron chi connectivity index (χ2n) is 7.01. The number of nitrogens with one attached hydrogen (secondary N) is 1. The molecule has 3 aromatic carbocycles. The minimum atomic E-state index is -0.481. The lowest BCUT2D eigenvalue weighted by Crippen LogP contribution is -2.14. The Bertz CT molecular complexity index is 1160. The summed E-state index contributed by atoms with van der Waals surface area (Å²) in [7, 11) is 0. The van der Waals surface area contributed by atoms with Crippen LogP contribution in [0, 0.1) is 24.1 Å². The molecule has 0 aromatic heterocycles. The second-order valence-corrected chi connectivity index (χ2v) is 7.01. The maximum atomic E-state index is 14.1. The predicted molar refractivity (Wildman–Crippen MR) is 120 cm³/mol. The minimum absolute atomic E-state index is 0.0208. The molecule has 1 amide bonds. The Morgan fingerprint density at radius 2 is 1.84 bits per heavy atom. The van der Waals surface area contributed by atoms with Gasteiger partial charge in [-0.05, 0) is 60.4 Å². The molecule has 1 N–H and O–H groups in total. The van der Waals surface area contributed by atoms with E-state index in [-0.39, 0.29) is 11.4 Å². The van der Waals surface area contributed by atoms with Gasteiger partial charge in [-0.25, -0.2) is 4.39 Å². The number of hydrogen-bond acceptors (Lipinski definition) is 3. The molecule has 0 radical (unpaired) electrons. The van der Waals surface area contributed by atoms with E-state index in [0.29, 0.717) is 35.6 Å². The van der Waals surface area contributed by atoms with Gasteiger partial charge in [0.05, 0.1) is 6.61 Å². The molecule has 0 aliphatic rings. The largest absolute Gasteiger partial charge is 0.494 e. The van der Waals surface area contributed by atoms with Crippen LogP contribution < -0.4 is 10.1 Å². The average Bonchev–Trinajstić information content (AvgIpc) is 2.77. The number of nitriles is 1. The fourth-order valence-electron chi connectivity index (χ4n) is 3.16. The molecule has 0 aliphatic carbocycles. The molecular formula is C26H23FN2O2. The van der Waals surface area contributed by atoms with Gasteiger partial charge >= 0.3 is 0 Å². The van der Waals surface area contributed by atoms with Gasteiger partial charge in [0.2, 0.25) is 0 Å². The fourth-order valence-corrected chi connectivity index (χ4v) is 3.16. The number of amides is 1. The van der Waals surface area contributed by atoms with Crippen molar-refractivity contribution in [2.45, 2.75) is 20.3 Å². The summed E-state index contributed by atoms with van der Waals surface area (Å²) in [4.78, 5) is 12.6. The number of nitrogens with zero attached hydrogens (tertiary/aromatic N) is 1. The van der Waals surface area contributed by atoms with Crippen LogP contribution in [0.1, 0.15) is 29.2 Å². The smallest absolute Gasteiger partial charge is 0.266 e. The summed E-state index contributed by atoms with van der Waals surface area (Å²) >= 11 is 0. The molecule has 0 unspecified atom stereocenters. The average molecular weight is 414 g/mol. The predicted octanol–water partition coefficient (Wildman–Crippen LogP) is 5.67. The number of anilines is 1. The van der Waals surface area contributed by atoms with E-state index in [1.165, 1.54) is 12.1 Å². The Morgan fingerprint density at radius 1 is 1.10 bits per heavy atom. The number of aryl methyl sites for hydroxylation is 1. The van der Waals surface area contributed by atoms with Crippen LogP contribution in [-0.4, -0.2) is 12.5 Å². The Kier molecular flexibility index (Phi) is 7.18. The van der Waals surface area contributed by atoms with E-state index in [2.05, 4.69) is 5.32 Å². The zero-order valence-corrected chi connectivity index (χ0v) is 17.5. The number of carbonyl (C=O) groups is 1. The van der Waals surface area contributed by atoms with Crippen LogP contribution in [0.3, 0.4) is 0 Å². The van der Waals surface area contributed by atoms with Crippen molar-refractivity contribution in [1.82, 2.24) is 0 Å². The number of ether oxygens (including phenoxy) is 1. The highest BCUT2D eigenvalue weighted by molar-refractivity contribution is 6.10. The van der Waals surface area contributed by atoms with Crippen molar-refractivity contribution < 1.29 is 13.9 Å². The normalized spacial score (nSPS) is 11.0. The quantitative estimate of drug-likeness (QED) is 0.400. The molecule has 0 heterocycles. The monoisotopic (exact) mass is 414 g/mol. The SMILES string of the molecule is CCOc1cc(/C=C(\C#N)C(=O)Nc2ccccc2C)ccc1Cc1ccccc1F. The highest BCUT2D eigenvalue weighted by Gasteiger charge is 2.13. The molecule has 0 fully saturated rings. The lowest BCUT2D eigenvalue weighted by molar-refractivity contribution is -0.112. The van der Waals surface area contributed by atoms with E-state index in [9.17, 15) is 14.4 Å². The standard InChI is InChI=1S/C26H23FN2O2/c1-3-31-25-15-19(12-13-21(25)16-20-9-5-6-10-23(20)27)14-22(17-28)26(30)29-24-11-7-4-8-18(24)2/h4-15H,3,16H2,1-2H3,(H,29,30)/b22-14+. The maximum absolute atomic E-state index is 14.1. The number of para-hydroxylation sites is 1. The Morgan fingerprint density at radius 3 is 2.55 bits per heavy atom. The number of halogens is 1.